The molecule has 0 atom stereocenters. The third-order valence-electron chi connectivity index (χ3n) is 2.32. The van der Waals surface area contributed by atoms with Crippen molar-refractivity contribution >= 4 is 56.0 Å². The highest BCUT2D eigenvalue weighted by Gasteiger charge is 2.20. The molecular weight excluding hydrogens is 341 g/mol. The molecule has 0 N–H and O–H groups in total. The van der Waals surface area contributed by atoms with Crippen molar-refractivity contribution in [3.8, 4) is 0 Å². The maximum Gasteiger partial charge on any atom is 0.342 e. The highest BCUT2D eigenvalue weighted by molar-refractivity contribution is 9.10. The first-order valence-corrected chi connectivity index (χ1v) is 6.71. The fourth-order valence-corrected chi connectivity index (χ4v) is 2.53. The Hall–Kier alpha value is -0.840. The number of pyridine rings is 1. The van der Waals surface area contributed by atoms with E-state index < -0.39 is 5.97 Å². The van der Waals surface area contributed by atoms with Gasteiger partial charge in [0.05, 0.1) is 17.1 Å². The van der Waals surface area contributed by atoms with E-state index in [0.29, 0.717) is 10.9 Å². The van der Waals surface area contributed by atoms with E-state index in [4.69, 9.17) is 27.9 Å². The first-order chi connectivity index (χ1) is 8.54. The molecule has 0 saturated heterocycles. The Morgan fingerprint density at radius 2 is 2.17 bits per heavy atom. The molecule has 0 aliphatic heterocycles. The number of carbonyl (C=O) groups excluding carboxylic acids is 1. The number of aromatic nitrogens is 1. The van der Waals surface area contributed by atoms with E-state index in [1.807, 2.05) is 6.07 Å². The number of fused-ring (bicyclic) bond motifs is 1. The highest BCUT2D eigenvalue weighted by atomic mass is 79.9. The van der Waals surface area contributed by atoms with Gasteiger partial charge in [0.2, 0.25) is 0 Å². The topological polar surface area (TPSA) is 39.2 Å². The molecule has 0 fully saturated rings. The molecule has 0 bridgehead atoms. The minimum absolute atomic E-state index is 0.0454. The summed E-state index contributed by atoms with van der Waals surface area (Å²) in [5, 5.41) is 0.965. The van der Waals surface area contributed by atoms with Crippen LogP contribution in [0.1, 0.15) is 17.3 Å². The molecule has 0 aliphatic carbocycles. The zero-order valence-corrected chi connectivity index (χ0v) is 12.4. The first kappa shape index (κ1) is 13.6. The van der Waals surface area contributed by atoms with Crippen LogP contribution in [0.15, 0.2) is 22.7 Å². The number of hydrogen-bond acceptors (Lipinski definition) is 3. The highest BCUT2D eigenvalue weighted by Crippen LogP contribution is 2.32. The molecule has 3 nitrogen and oxygen atoms in total. The van der Waals surface area contributed by atoms with Crippen LogP contribution in [-0.2, 0) is 4.74 Å². The van der Waals surface area contributed by atoms with Crippen molar-refractivity contribution < 1.29 is 9.53 Å². The van der Waals surface area contributed by atoms with Gasteiger partial charge < -0.3 is 4.74 Å². The van der Waals surface area contributed by atoms with Crippen LogP contribution in [0.25, 0.3) is 10.9 Å². The molecule has 0 radical (unpaired) electrons. The predicted molar refractivity (Wildman–Crippen MR) is 75.4 cm³/mol. The minimum Gasteiger partial charge on any atom is -0.462 e. The van der Waals surface area contributed by atoms with Gasteiger partial charge in [0.25, 0.3) is 0 Å². The summed E-state index contributed by atoms with van der Waals surface area (Å²) in [7, 11) is 0. The molecule has 1 heterocycles. The second-order valence-electron chi connectivity index (χ2n) is 3.47. The van der Waals surface area contributed by atoms with Crippen LogP contribution >= 0.6 is 39.1 Å². The van der Waals surface area contributed by atoms with Gasteiger partial charge in [-0.05, 0) is 19.1 Å². The van der Waals surface area contributed by atoms with E-state index in [2.05, 4.69) is 20.9 Å². The molecule has 1 aromatic heterocycles. The monoisotopic (exact) mass is 347 g/mol. The van der Waals surface area contributed by atoms with E-state index in [1.54, 1.807) is 19.1 Å². The normalized spacial score (nSPS) is 10.7. The van der Waals surface area contributed by atoms with Crippen molar-refractivity contribution in [2.45, 2.75) is 6.92 Å². The van der Waals surface area contributed by atoms with Crippen LogP contribution in [-0.4, -0.2) is 17.6 Å². The summed E-state index contributed by atoms with van der Waals surface area (Å²) in [5.41, 5.74) is 0.724. The van der Waals surface area contributed by atoms with E-state index >= 15 is 0 Å². The Labute approximate surface area is 122 Å². The van der Waals surface area contributed by atoms with Gasteiger partial charge in [0.15, 0.2) is 0 Å². The maximum absolute atomic E-state index is 11.8. The maximum atomic E-state index is 11.8. The number of hydrogen-bond donors (Lipinski definition) is 0. The van der Waals surface area contributed by atoms with Crippen LogP contribution in [0.2, 0.25) is 10.2 Å². The number of rotatable bonds is 2. The van der Waals surface area contributed by atoms with Crippen molar-refractivity contribution in [3.63, 3.8) is 0 Å². The van der Waals surface area contributed by atoms with Crippen molar-refractivity contribution in [2.24, 2.45) is 0 Å². The molecule has 6 heteroatoms. The van der Waals surface area contributed by atoms with Crippen LogP contribution in [0.5, 0.6) is 0 Å². The molecule has 2 aromatic rings. The number of carbonyl (C=O) groups is 1. The molecule has 1 aromatic carbocycles. The van der Waals surface area contributed by atoms with Crippen molar-refractivity contribution in [1.29, 1.82) is 0 Å². The molecule has 0 spiro atoms. The fraction of sp³-hybridized carbons (Fsp3) is 0.167. The largest absolute Gasteiger partial charge is 0.462 e. The van der Waals surface area contributed by atoms with Crippen LogP contribution in [0, 0.1) is 0 Å². The summed E-state index contributed by atoms with van der Waals surface area (Å²) in [6.45, 7) is 1.97. The lowest BCUT2D eigenvalue weighted by Gasteiger charge is -2.09. The number of benzene rings is 1. The van der Waals surface area contributed by atoms with Gasteiger partial charge in [-0.2, -0.15) is 0 Å². The average Bonchev–Trinajstić information content (AvgIpc) is 2.28. The van der Waals surface area contributed by atoms with Gasteiger partial charge in [-0.3, -0.25) is 0 Å². The molecule has 0 amide bonds. The summed E-state index contributed by atoms with van der Waals surface area (Å²) in [4.78, 5) is 15.9. The smallest absolute Gasteiger partial charge is 0.342 e. The van der Waals surface area contributed by atoms with Gasteiger partial charge in [-0.15, -0.1) is 0 Å². The lowest BCUT2D eigenvalue weighted by atomic mass is 10.1. The van der Waals surface area contributed by atoms with Gasteiger partial charge in [0.1, 0.15) is 10.7 Å². The van der Waals surface area contributed by atoms with Crippen LogP contribution in [0.3, 0.4) is 0 Å². The number of ether oxygens (including phenoxy) is 1. The second-order valence-corrected chi connectivity index (χ2v) is 5.13. The van der Waals surface area contributed by atoms with Gasteiger partial charge in [-0.1, -0.05) is 45.2 Å². The van der Waals surface area contributed by atoms with Crippen LogP contribution < -0.4 is 0 Å². The van der Waals surface area contributed by atoms with Gasteiger partial charge in [0, 0.05) is 9.86 Å². The Morgan fingerprint density at radius 3 is 2.83 bits per heavy atom. The first-order valence-electron chi connectivity index (χ1n) is 5.16. The van der Waals surface area contributed by atoms with E-state index in [1.165, 1.54) is 0 Å². The third kappa shape index (κ3) is 2.46. The molecule has 2 rings (SSSR count). The summed E-state index contributed by atoms with van der Waals surface area (Å²) in [5.74, 6) is -0.565. The standard InChI is InChI=1S/C12H8BrCl2NO2/c1-2-18-12(17)9-10(14)7-4-3-6(13)5-8(7)16-11(9)15/h3-5H,2H2,1H3. The summed E-state index contributed by atoms with van der Waals surface area (Å²) < 4.78 is 5.76. The molecular formula is C12H8BrCl2NO2. The van der Waals surface area contributed by atoms with E-state index in [0.717, 1.165) is 4.47 Å². The lowest BCUT2D eigenvalue weighted by Crippen LogP contribution is -2.07. The Bertz CT molecular complexity index is 631. The number of esters is 1. The number of nitrogens with zero attached hydrogens (tertiary/aromatic N) is 1. The second kappa shape index (κ2) is 5.43. The summed E-state index contributed by atoms with van der Waals surface area (Å²) in [6.07, 6.45) is 0. The average molecular weight is 349 g/mol. The lowest BCUT2D eigenvalue weighted by molar-refractivity contribution is 0.0526. The van der Waals surface area contributed by atoms with Crippen molar-refractivity contribution in [3.05, 3.63) is 38.4 Å². The van der Waals surface area contributed by atoms with Gasteiger partial charge in [-0.25, -0.2) is 9.78 Å². The van der Waals surface area contributed by atoms with E-state index in [-0.39, 0.29) is 22.3 Å². The molecule has 18 heavy (non-hydrogen) atoms. The molecule has 0 aliphatic rings. The fourth-order valence-electron chi connectivity index (χ4n) is 1.55. The molecule has 0 saturated carbocycles. The zero-order valence-electron chi connectivity index (χ0n) is 9.34. The minimum atomic E-state index is -0.565. The molecule has 0 unspecified atom stereocenters. The summed E-state index contributed by atoms with van der Waals surface area (Å²) >= 11 is 15.5. The van der Waals surface area contributed by atoms with Crippen molar-refractivity contribution in [2.75, 3.05) is 6.61 Å². The van der Waals surface area contributed by atoms with Crippen LogP contribution in [0.4, 0.5) is 0 Å². The van der Waals surface area contributed by atoms with E-state index in [9.17, 15) is 4.79 Å². The zero-order chi connectivity index (χ0) is 13.3. The Balaban J connectivity index is 2.69. The third-order valence-corrected chi connectivity index (χ3v) is 3.48. The van der Waals surface area contributed by atoms with Gasteiger partial charge >= 0.3 is 5.97 Å². The SMILES string of the molecule is CCOC(=O)c1c(Cl)nc2cc(Br)ccc2c1Cl. The quantitative estimate of drug-likeness (QED) is 0.593. The summed E-state index contributed by atoms with van der Waals surface area (Å²) in [6, 6.07) is 5.37. The molecule has 94 valence electrons. The number of halogens is 3. The predicted octanol–water partition coefficient (Wildman–Crippen LogP) is 4.48. The Kier molecular flexibility index (Phi) is 4.10. The Morgan fingerprint density at radius 1 is 1.44 bits per heavy atom. The van der Waals surface area contributed by atoms with Crippen molar-refractivity contribution in [1.82, 2.24) is 4.98 Å².